The number of ether oxygens (including phenoxy) is 3. The van der Waals surface area contributed by atoms with E-state index in [1.54, 1.807) is 6.92 Å². The van der Waals surface area contributed by atoms with Crippen LogP contribution < -0.4 is 4.74 Å². The predicted molar refractivity (Wildman–Crippen MR) is 113 cm³/mol. The first-order valence-electron chi connectivity index (χ1n) is 9.92. The Bertz CT molecular complexity index is 816. The van der Waals surface area contributed by atoms with Crippen LogP contribution in [-0.2, 0) is 22.7 Å². The molecule has 0 bridgehead atoms. The van der Waals surface area contributed by atoms with Gasteiger partial charge in [0.25, 0.3) is 0 Å². The third kappa shape index (κ3) is 7.35. The van der Waals surface area contributed by atoms with Crippen molar-refractivity contribution in [2.24, 2.45) is 0 Å². The van der Waals surface area contributed by atoms with Crippen LogP contribution in [0.1, 0.15) is 36.1 Å². The molecule has 0 aliphatic carbocycles. The summed E-state index contributed by atoms with van der Waals surface area (Å²) in [6.07, 6.45) is -0.318. The second-order valence-corrected chi connectivity index (χ2v) is 6.92. The zero-order chi connectivity index (χ0) is 20.3. The van der Waals surface area contributed by atoms with Crippen LogP contribution in [0.5, 0.6) is 5.75 Å². The van der Waals surface area contributed by atoms with Gasteiger partial charge >= 0.3 is 0 Å². The molecule has 0 heterocycles. The molecule has 0 aromatic heterocycles. The molecular formula is C25H28O4. The highest BCUT2D eigenvalue weighted by molar-refractivity contribution is 5.28. The number of benzene rings is 3. The molecule has 0 aliphatic rings. The molecule has 2 atom stereocenters. The Morgan fingerprint density at radius 2 is 1.34 bits per heavy atom. The van der Waals surface area contributed by atoms with E-state index in [1.165, 1.54) is 0 Å². The van der Waals surface area contributed by atoms with E-state index in [4.69, 9.17) is 14.2 Å². The van der Waals surface area contributed by atoms with Crippen molar-refractivity contribution in [3.63, 3.8) is 0 Å². The van der Waals surface area contributed by atoms with Crippen molar-refractivity contribution in [2.45, 2.75) is 39.0 Å². The van der Waals surface area contributed by atoms with Crippen molar-refractivity contribution in [3.05, 3.63) is 102 Å². The smallest absolute Gasteiger partial charge is 0.202 e. The minimum absolute atomic E-state index is 0.427. The molecule has 0 radical (unpaired) electrons. The van der Waals surface area contributed by atoms with Gasteiger partial charge in [0.15, 0.2) is 0 Å². The van der Waals surface area contributed by atoms with Gasteiger partial charge in [0, 0.05) is 6.42 Å². The van der Waals surface area contributed by atoms with Crippen molar-refractivity contribution < 1.29 is 19.3 Å². The number of hydrogen-bond acceptors (Lipinski definition) is 4. The van der Waals surface area contributed by atoms with Gasteiger partial charge in [0.05, 0.1) is 25.9 Å². The fourth-order valence-electron chi connectivity index (χ4n) is 2.86. The predicted octanol–water partition coefficient (Wildman–Crippen LogP) is 5.27. The molecule has 0 spiro atoms. The minimum atomic E-state index is -0.499. The summed E-state index contributed by atoms with van der Waals surface area (Å²) in [5, 5.41) is 9.66. The molecule has 0 fully saturated rings. The first-order valence-corrected chi connectivity index (χ1v) is 9.92. The van der Waals surface area contributed by atoms with Crippen LogP contribution in [0.3, 0.4) is 0 Å². The highest BCUT2D eigenvalue weighted by Gasteiger charge is 2.12. The zero-order valence-electron chi connectivity index (χ0n) is 16.7. The Morgan fingerprint density at radius 1 is 0.759 bits per heavy atom. The van der Waals surface area contributed by atoms with E-state index in [9.17, 15) is 5.11 Å². The molecule has 3 rings (SSSR count). The maximum absolute atomic E-state index is 9.66. The average molecular weight is 392 g/mol. The summed E-state index contributed by atoms with van der Waals surface area (Å²) in [7, 11) is 0. The van der Waals surface area contributed by atoms with E-state index in [1.807, 2.05) is 84.9 Å². The molecule has 4 heteroatoms. The molecule has 2 unspecified atom stereocenters. The van der Waals surface area contributed by atoms with Crippen LogP contribution in [0.15, 0.2) is 84.9 Å². The number of aliphatic hydroxyl groups is 1. The van der Waals surface area contributed by atoms with Crippen molar-refractivity contribution >= 4 is 0 Å². The monoisotopic (exact) mass is 392 g/mol. The third-order valence-electron chi connectivity index (χ3n) is 4.52. The highest BCUT2D eigenvalue weighted by Crippen LogP contribution is 2.20. The van der Waals surface area contributed by atoms with Gasteiger partial charge in [-0.05, 0) is 35.7 Å². The lowest BCUT2D eigenvalue weighted by Gasteiger charge is -2.20. The van der Waals surface area contributed by atoms with Gasteiger partial charge in [-0.25, -0.2) is 0 Å². The van der Waals surface area contributed by atoms with Crippen LogP contribution in [0.4, 0.5) is 0 Å². The van der Waals surface area contributed by atoms with Gasteiger partial charge in [-0.3, -0.25) is 0 Å². The fraction of sp³-hybridized carbons (Fsp3) is 0.280. The number of hydrogen-bond donors (Lipinski definition) is 1. The molecule has 0 aliphatic heterocycles. The maximum atomic E-state index is 9.66. The third-order valence-corrected chi connectivity index (χ3v) is 4.52. The zero-order valence-corrected chi connectivity index (χ0v) is 16.7. The number of aliphatic hydroxyl groups excluding tert-OH is 1. The lowest BCUT2D eigenvalue weighted by Crippen LogP contribution is -2.22. The van der Waals surface area contributed by atoms with E-state index < -0.39 is 12.4 Å². The summed E-state index contributed by atoms with van der Waals surface area (Å²) in [5.41, 5.74) is 3.09. The largest absolute Gasteiger partial charge is 0.465 e. The van der Waals surface area contributed by atoms with Gasteiger partial charge in [0.1, 0.15) is 5.75 Å². The maximum Gasteiger partial charge on any atom is 0.202 e. The van der Waals surface area contributed by atoms with E-state index in [-0.39, 0.29) is 0 Å². The quantitative estimate of drug-likeness (QED) is 0.357. The topological polar surface area (TPSA) is 47.9 Å². The van der Waals surface area contributed by atoms with Crippen molar-refractivity contribution in [2.75, 3.05) is 6.61 Å². The summed E-state index contributed by atoms with van der Waals surface area (Å²) in [5.74, 6) is 0.704. The summed E-state index contributed by atoms with van der Waals surface area (Å²) in [4.78, 5) is 0. The second kappa shape index (κ2) is 11.4. The minimum Gasteiger partial charge on any atom is -0.465 e. The van der Waals surface area contributed by atoms with Gasteiger partial charge in [-0.2, -0.15) is 0 Å². The standard InChI is InChI=1S/C25H28O4/c1-20(26)23-12-14-24(15-13-23)29-25(28-19-22-10-6-3-7-11-22)16-17-27-18-21-8-4-2-5-9-21/h2-15,20,25-26H,16-19H2,1H3. The highest BCUT2D eigenvalue weighted by atomic mass is 16.7. The van der Waals surface area contributed by atoms with Crippen molar-refractivity contribution in [1.82, 2.24) is 0 Å². The van der Waals surface area contributed by atoms with Crippen LogP contribution in [0, 0.1) is 0 Å². The fourth-order valence-corrected chi connectivity index (χ4v) is 2.86. The SMILES string of the molecule is CC(O)c1ccc(OC(CCOCc2ccccc2)OCc2ccccc2)cc1. The van der Waals surface area contributed by atoms with E-state index in [2.05, 4.69) is 0 Å². The Morgan fingerprint density at radius 3 is 1.93 bits per heavy atom. The van der Waals surface area contributed by atoms with Gasteiger partial charge in [-0.1, -0.05) is 72.8 Å². The lowest BCUT2D eigenvalue weighted by atomic mass is 10.1. The first kappa shape index (κ1) is 21.1. The molecule has 4 nitrogen and oxygen atoms in total. The van der Waals surface area contributed by atoms with E-state index in [0.717, 1.165) is 16.7 Å². The molecule has 0 amide bonds. The molecule has 3 aromatic carbocycles. The summed E-state index contributed by atoms with van der Waals surface area (Å²) in [6.45, 7) is 3.30. The number of rotatable bonds is 11. The summed E-state index contributed by atoms with van der Waals surface area (Å²) >= 11 is 0. The molecule has 1 N–H and O–H groups in total. The van der Waals surface area contributed by atoms with Crippen LogP contribution >= 0.6 is 0 Å². The first-order chi connectivity index (χ1) is 14.2. The normalized spacial score (nSPS) is 13.0. The van der Waals surface area contributed by atoms with Crippen LogP contribution in [0.25, 0.3) is 0 Å². The molecule has 0 saturated heterocycles. The Hall–Kier alpha value is -2.66. The van der Waals surface area contributed by atoms with Crippen LogP contribution in [-0.4, -0.2) is 18.0 Å². The van der Waals surface area contributed by atoms with Crippen molar-refractivity contribution in [1.29, 1.82) is 0 Å². The van der Waals surface area contributed by atoms with Crippen molar-refractivity contribution in [3.8, 4) is 5.75 Å². The van der Waals surface area contributed by atoms with Gasteiger partial charge < -0.3 is 19.3 Å². The summed E-state index contributed by atoms with van der Waals surface area (Å²) in [6, 6.07) is 27.5. The second-order valence-electron chi connectivity index (χ2n) is 6.92. The lowest BCUT2D eigenvalue weighted by molar-refractivity contribution is -0.104. The van der Waals surface area contributed by atoms with Gasteiger partial charge in [0.2, 0.25) is 6.29 Å². The Kier molecular flexibility index (Phi) is 8.25. The summed E-state index contributed by atoms with van der Waals surface area (Å²) < 4.78 is 17.8. The molecule has 29 heavy (non-hydrogen) atoms. The Labute approximate surface area is 172 Å². The van der Waals surface area contributed by atoms with E-state index in [0.29, 0.717) is 32.0 Å². The average Bonchev–Trinajstić information content (AvgIpc) is 2.76. The molecule has 0 saturated carbocycles. The van der Waals surface area contributed by atoms with Gasteiger partial charge in [-0.15, -0.1) is 0 Å². The van der Waals surface area contributed by atoms with Crippen LogP contribution in [0.2, 0.25) is 0 Å². The Balaban J connectivity index is 1.54. The van der Waals surface area contributed by atoms with E-state index >= 15 is 0 Å². The molecule has 3 aromatic rings. The molecule has 152 valence electrons. The molecular weight excluding hydrogens is 364 g/mol.